The van der Waals surface area contributed by atoms with E-state index in [1.807, 2.05) is 0 Å². The Kier molecular flexibility index (Phi) is 8.47. The number of anilines is 1. The molecule has 3 rings (SSSR count). The lowest BCUT2D eigenvalue weighted by Gasteiger charge is -2.26. The summed E-state index contributed by atoms with van der Waals surface area (Å²) in [6.45, 7) is -0.149. The molecule has 184 valence electrons. The van der Waals surface area contributed by atoms with Gasteiger partial charge >= 0.3 is 0 Å². The maximum Gasteiger partial charge on any atom is 0.264 e. The van der Waals surface area contributed by atoms with Crippen LogP contribution in [0, 0.1) is 0 Å². The van der Waals surface area contributed by atoms with Gasteiger partial charge in [0, 0.05) is 35.8 Å². The number of nitrogens with two attached hydrogens (primary N) is 3. The van der Waals surface area contributed by atoms with Crippen LogP contribution >= 0.6 is 11.6 Å². The predicted octanol–water partition coefficient (Wildman–Crippen LogP) is 1.87. The molecule has 0 aromatic heterocycles. The molecule has 0 saturated heterocycles. The van der Waals surface area contributed by atoms with Gasteiger partial charge in [-0.15, -0.1) is 0 Å². The zero-order valence-electron chi connectivity index (χ0n) is 18.8. The molecule has 0 spiro atoms. The highest BCUT2D eigenvalue weighted by molar-refractivity contribution is 7.92. The molecule has 3 aromatic carbocycles. The van der Waals surface area contributed by atoms with Crippen molar-refractivity contribution in [3.05, 3.63) is 94.0 Å². The van der Waals surface area contributed by atoms with Crippen LogP contribution in [-0.4, -0.2) is 26.8 Å². The average Bonchev–Trinajstić information content (AvgIpc) is 2.86. The van der Waals surface area contributed by atoms with Crippen LogP contribution < -0.4 is 26.8 Å². The lowest BCUT2D eigenvalue weighted by molar-refractivity contribution is -0.119. The Morgan fingerprint density at radius 2 is 1.51 bits per heavy atom. The second-order valence-electron chi connectivity index (χ2n) is 7.64. The number of rotatable bonds is 10. The van der Waals surface area contributed by atoms with Gasteiger partial charge in [-0.3, -0.25) is 13.9 Å². The van der Waals surface area contributed by atoms with Gasteiger partial charge < -0.3 is 22.5 Å². The molecule has 0 bridgehead atoms. The Hall–Kier alpha value is -3.44. The maximum atomic E-state index is 13.6. The molecule has 9 nitrogen and oxygen atoms in total. The van der Waals surface area contributed by atoms with Gasteiger partial charge in [0.25, 0.3) is 10.0 Å². The summed E-state index contributed by atoms with van der Waals surface area (Å²) < 4.78 is 28.2. The summed E-state index contributed by atoms with van der Waals surface area (Å²) >= 11 is 6.27. The van der Waals surface area contributed by atoms with Crippen molar-refractivity contribution in [2.45, 2.75) is 24.5 Å². The maximum absolute atomic E-state index is 13.6. The summed E-state index contributed by atoms with van der Waals surface area (Å²) in [5.41, 5.74) is 19.1. The molecule has 3 aromatic rings. The van der Waals surface area contributed by atoms with E-state index in [1.165, 1.54) is 12.1 Å². The number of nitrogens with zero attached hydrogens (tertiary/aromatic N) is 1. The molecule has 0 heterocycles. The van der Waals surface area contributed by atoms with Gasteiger partial charge in [0.15, 0.2) is 0 Å². The highest BCUT2D eigenvalue weighted by Crippen LogP contribution is 2.31. The highest BCUT2D eigenvalue weighted by atomic mass is 35.5. The third-order valence-electron chi connectivity index (χ3n) is 5.33. The molecule has 0 atom stereocenters. The van der Waals surface area contributed by atoms with Crippen molar-refractivity contribution in [1.82, 2.24) is 5.32 Å². The smallest absolute Gasteiger partial charge is 0.264 e. The molecule has 0 aliphatic heterocycles. The molecule has 11 heteroatoms. The van der Waals surface area contributed by atoms with Crippen molar-refractivity contribution in [3.8, 4) is 0 Å². The monoisotopic (exact) mass is 515 g/mol. The number of amides is 2. The summed E-state index contributed by atoms with van der Waals surface area (Å²) in [6.07, 6.45) is 0. The number of halogens is 1. The fraction of sp³-hybridized carbons (Fsp3) is 0.167. The Bertz CT molecular complexity index is 1310. The van der Waals surface area contributed by atoms with Crippen LogP contribution in [0.25, 0.3) is 0 Å². The molecule has 0 aliphatic carbocycles. The fourth-order valence-corrected chi connectivity index (χ4v) is 5.08. The quantitative estimate of drug-likeness (QED) is 0.322. The van der Waals surface area contributed by atoms with E-state index in [0.29, 0.717) is 21.7 Å². The first-order chi connectivity index (χ1) is 16.7. The summed E-state index contributed by atoms with van der Waals surface area (Å²) in [6, 6.07) is 17.2. The van der Waals surface area contributed by atoms with E-state index < -0.39 is 28.4 Å². The van der Waals surface area contributed by atoms with Gasteiger partial charge in [-0.1, -0.05) is 41.9 Å². The van der Waals surface area contributed by atoms with Crippen molar-refractivity contribution in [2.75, 3.05) is 10.8 Å². The topological polar surface area (TPSA) is 162 Å². The minimum atomic E-state index is -4.16. The van der Waals surface area contributed by atoms with Crippen LogP contribution in [0.3, 0.4) is 0 Å². The lowest BCUT2D eigenvalue weighted by atomic mass is 10.1. The summed E-state index contributed by atoms with van der Waals surface area (Å²) in [7, 11) is -4.16. The molecule has 0 fully saturated rings. The third-order valence-corrected chi connectivity index (χ3v) is 7.46. The van der Waals surface area contributed by atoms with Gasteiger partial charge in [-0.25, -0.2) is 8.42 Å². The molecule has 7 N–H and O–H groups in total. The van der Waals surface area contributed by atoms with Gasteiger partial charge in [0.2, 0.25) is 11.8 Å². The largest absolute Gasteiger partial charge is 0.366 e. The second kappa shape index (κ2) is 11.3. The van der Waals surface area contributed by atoms with Crippen molar-refractivity contribution >= 4 is 39.1 Å². The lowest BCUT2D eigenvalue weighted by Crippen LogP contribution is -2.41. The number of nitrogens with one attached hydrogen (secondary N) is 1. The molecule has 0 unspecified atom stereocenters. The van der Waals surface area contributed by atoms with E-state index in [4.69, 9.17) is 28.8 Å². The van der Waals surface area contributed by atoms with Crippen molar-refractivity contribution in [2.24, 2.45) is 17.2 Å². The van der Waals surface area contributed by atoms with Crippen LogP contribution in [-0.2, 0) is 34.5 Å². The zero-order valence-corrected chi connectivity index (χ0v) is 20.4. The van der Waals surface area contributed by atoms with Crippen molar-refractivity contribution < 1.29 is 18.0 Å². The molecule has 35 heavy (non-hydrogen) atoms. The number of hydrogen-bond donors (Lipinski definition) is 4. The fourth-order valence-electron chi connectivity index (χ4n) is 3.38. The molecule has 0 aliphatic rings. The third kappa shape index (κ3) is 6.17. The van der Waals surface area contributed by atoms with E-state index in [-0.39, 0.29) is 30.2 Å². The van der Waals surface area contributed by atoms with Crippen LogP contribution in [0.1, 0.15) is 27.0 Å². The number of hydrogen-bond acceptors (Lipinski definition) is 6. The van der Waals surface area contributed by atoms with E-state index in [0.717, 1.165) is 9.87 Å². The van der Waals surface area contributed by atoms with Crippen molar-refractivity contribution in [1.29, 1.82) is 0 Å². The predicted molar refractivity (Wildman–Crippen MR) is 135 cm³/mol. The minimum absolute atomic E-state index is 0.00696. The number of benzene rings is 3. The van der Waals surface area contributed by atoms with E-state index in [1.54, 1.807) is 54.6 Å². The summed E-state index contributed by atoms with van der Waals surface area (Å²) in [5.74, 6) is -1.10. The van der Waals surface area contributed by atoms with Crippen LogP contribution in [0.4, 0.5) is 5.69 Å². The standard InChI is InChI=1S/C24H26ClN5O4S/c25-21-2-1-3-22(20(21)13-27)30(35(33,34)19-10-6-16(12-26)7-11-19)15-23(31)29-14-17-4-8-18(9-5-17)24(28)32/h1-11H,12-15,26-27H2,(H2,28,32)(H,29,31). The first-order valence-corrected chi connectivity index (χ1v) is 12.4. The van der Waals surface area contributed by atoms with E-state index in [9.17, 15) is 18.0 Å². The van der Waals surface area contributed by atoms with Gasteiger partial charge in [-0.2, -0.15) is 0 Å². The van der Waals surface area contributed by atoms with Crippen molar-refractivity contribution in [3.63, 3.8) is 0 Å². The Morgan fingerprint density at radius 3 is 2.09 bits per heavy atom. The van der Waals surface area contributed by atoms with Crippen LogP contribution in [0.2, 0.25) is 5.02 Å². The number of carbonyl (C=O) groups excluding carboxylic acids is 2. The number of primary amides is 1. The molecule has 0 saturated carbocycles. The van der Waals surface area contributed by atoms with E-state index >= 15 is 0 Å². The first kappa shape index (κ1) is 26.2. The second-order valence-corrected chi connectivity index (χ2v) is 9.91. The van der Waals surface area contributed by atoms with E-state index in [2.05, 4.69) is 5.32 Å². The summed E-state index contributed by atoms with van der Waals surface area (Å²) in [4.78, 5) is 24.1. The van der Waals surface area contributed by atoms with Gasteiger partial charge in [-0.05, 0) is 47.5 Å². The van der Waals surface area contributed by atoms with Gasteiger partial charge in [0.05, 0.1) is 10.6 Å². The number of carbonyl (C=O) groups is 2. The normalized spacial score (nSPS) is 11.2. The van der Waals surface area contributed by atoms with Crippen LogP contribution in [0.5, 0.6) is 0 Å². The molecule has 2 amide bonds. The first-order valence-electron chi connectivity index (χ1n) is 10.6. The SMILES string of the molecule is NCc1ccc(S(=O)(=O)N(CC(=O)NCc2ccc(C(N)=O)cc2)c2cccc(Cl)c2CN)cc1. The number of sulfonamides is 1. The minimum Gasteiger partial charge on any atom is -0.366 e. The summed E-state index contributed by atoms with van der Waals surface area (Å²) in [5, 5.41) is 2.99. The Balaban J connectivity index is 1.90. The molecular formula is C24H26ClN5O4S. The van der Waals surface area contributed by atoms with Crippen LogP contribution in [0.15, 0.2) is 71.6 Å². The zero-order chi connectivity index (χ0) is 25.6. The average molecular weight is 516 g/mol. The molecular weight excluding hydrogens is 490 g/mol. The Morgan fingerprint density at radius 1 is 0.886 bits per heavy atom. The Labute approximate surface area is 208 Å². The highest BCUT2D eigenvalue weighted by Gasteiger charge is 2.29. The molecule has 0 radical (unpaired) electrons. The van der Waals surface area contributed by atoms with Gasteiger partial charge in [0.1, 0.15) is 6.54 Å².